The molecule has 0 spiro atoms. The van der Waals surface area contributed by atoms with Gasteiger partial charge in [-0.25, -0.2) is 0 Å². The fraction of sp³-hybridized carbons (Fsp3) is 0.364. The SMILES string of the molecule is CCN1/C(=C/C2=CC3=C/C(=C/c4sc5ccc(SOC)c6c5[n+]4CCC6)CCC3CC2)Sc2ccc([S+](C)[O-])cc21. The fourth-order valence-electron chi connectivity index (χ4n) is 6.65. The molecular formula is C33H35N2O2S4+. The van der Waals surface area contributed by atoms with E-state index in [1.165, 1.54) is 89.3 Å². The Bertz CT molecular complexity index is 1650. The van der Waals surface area contributed by atoms with Crippen LogP contribution in [0, 0.1) is 5.92 Å². The Kier molecular flexibility index (Phi) is 7.90. The van der Waals surface area contributed by atoms with E-state index in [0.717, 1.165) is 37.2 Å². The number of hydrogen-bond acceptors (Lipinski definition) is 6. The van der Waals surface area contributed by atoms with Crippen LogP contribution in [0.25, 0.3) is 16.3 Å². The van der Waals surface area contributed by atoms with Gasteiger partial charge in [-0.1, -0.05) is 35.3 Å². The van der Waals surface area contributed by atoms with Crippen molar-refractivity contribution >= 4 is 68.3 Å². The van der Waals surface area contributed by atoms with Crippen LogP contribution in [-0.4, -0.2) is 24.5 Å². The quantitative estimate of drug-likeness (QED) is 0.157. The van der Waals surface area contributed by atoms with Gasteiger partial charge in [0.2, 0.25) is 5.52 Å². The number of benzene rings is 2. The summed E-state index contributed by atoms with van der Waals surface area (Å²) in [5.41, 5.74) is 8.41. The predicted molar refractivity (Wildman–Crippen MR) is 175 cm³/mol. The minimum absolute atomic E-state index is 0.667. The Hall–Kier alpha value is -1.94. The van der Waals surface area contributed by atoms with Crippen molar-refractivity contribution in [2.75, 3.05) is 24.8 Å². The molecule has 4 nitrogen and oxygen atoms in total. The zero-order valence-electron chi connectivity index (χ0n) is 23.8. The second-order valence-corrected chi connectivity index (χ2v) is 15.5. The van der Waals surface area contributed by atoms with Crippen molar-refractivity contribution in [2.24, 2.45) is 5.92 Å². The third-order valence-corrected chi connectivity index (χ3v) is 12.5. The first kappa shape index (κ1) is 27.9. The Balaban J connectivity index is 1.19. The maximum Gasteiger partial charge on any atom is 0.263 e. The van der Waals surface area contributed by atoms with Crippen LogP contribution in [0.4, 0.5) is 5.69 Å². The van der Waals surface area contributed by atoms with Gasteiger partial charge in [-0.15, -0.1) is 0 Å². The first-order valence-electron chi connectivity index (χ1n) is 14.5. The molecule has 3 aromatic rings. The lowest BCUT2D eigenvalue weighted by molar-refractivity contribution is -0.672. The molecule has 41 heavy (non-hydrogen) atoms. The van der Waals surface area contributed by atoms with Gasteiger partial charge in [-0.05, 0) is 103 Å². The molecule has 0 radical (unpaired) electrons. The molecule has 2 aliphatic heterocycles. The number of fused-ring (bicyclic) bond motifs is 2. The van der Waals surface area contributed by atoms with E-state index < -0.39 is 11.2 Å². The summed E-state index contributed by atoms with van der Waals surface area (Å²) < 4.78 is 21.5. The van der Waals surface area contributed by atoms with Gasteiger partial charge in [0.15, 0.2) is 11.4 Å². The highest BCUT2D eigenvalue weighted by Gasteiger charge is 2.30. The monoisotopic (exact) mass is 619 g/mol. The second-order valence-electron chi connectivity index (χ2n) is 11.1. The summed E-state index contributed by atoms with van der Waals surface area (Å²) in [4.78, 5) is 5.78. The third-order valence-electron chi connectivity index (χ3n) is 8.64. The molecule has 0 fully saturated rings. The molecule has 0 N–H and O–H groups in total. The van der Waals surface area contributed by atoms with Crippen LogP contribution in [0.15, 0.2) is 85.0 Å². The first-order chi connectivity index (χ1) is 20.0. The van der Waals surface area contributed by atoms with Gasteiger partial charge in [0.25, 0.3) is 5.01 Å². The normalized spacial score (nSPS) is 22.6. The summed E-state index contributed by atoms with van der Waals surface area (Å²) in [5, 5.41) is 2.65. The highest BCUT2D eigenvalue weighted by atomic mass is 32.2. The molecular weight excluding hydrogens is 585 g/mol. The fourth-order valence-corrected chi connectivity index (χ4v) is 10.2. The molecule has 0 bridgehead atoms. The van der Waals surface area contributed by atoms with Crippen molar-refractivity contribution < 1.29 is 13.3 Å². The van der Waals surface area contributed by atoms with E-state index in [1.54, 1.807) is 13.4 Å². The number of anilines is 1. The smallest absolute Gasteiger partial charge is 0.263 e. The second kappa shape index (κ2) is 11.6. The van der Waals surface area contributed by atoms with Crippen LogP contribution < -0.4 is 9.47 Å². The van der Waals surface area contributed by atoms with Crippen LogP contribution >= 0.6 is 35.1 Å². The summed E-state index contributed by atoms with van der Waals surface area (Å²) >= 11 is 4.28. The molecule has 2 aliphatic carbocycles. The van der Waals surface area contributed by atoms with Crippen molar-refractivity contribution in [1.82, 2.24) is 0 Å². The molecule has 0 saturated carbocycles. The molecule has 2 atom stereocenters. The minimum Gasteiger partial charge on any atom is -0.612 e. The van der Waals surface area contributed by atoms with E-state index in [2.05, 4.69) is 65.0 Å². The third kappa shape index (κ3) is 5.25. The topological polar surface area (TPSA) is 39.4 Å². The van der Waals surface area contributed by atoms with Gasteiger partial charge in [0, 0.05) is 52.5 Å². The number of rotatable bonds is 6. The van der Waals surface area contributed by atoms with Gasteiger partial charge in [-0.2, -0.15) is 4.57 Å². The zero-order valence-corrected chi connectivity index (χ0v) is 27.0. The zero-order chi connectivity index (χ0) is 28.1. The standard InChI is InChI=1S/C33H35N2O2S4/c1-4-34-27-20-25(41(3)36)11-12-29(27)38-31(34)18-21-7-9-23-10-8-22(17-24(23)16-21)19-32-35-15-5-6-26-28(40-37-2)13-14-30(39-32)33(26)35/h11-14,16-20,23H,4-10,15H2,1-3H3/q+1. The molecule has 4 aliphatic rings. The van der Waals surface area contributed by atoms with Crippen molar-refractivity contribution in [3.05, 3.63) is 80.9 Å². The summed E-state index contributed by atoms with van der Waals surface area (Å²) in [7, 11) is 1.75. The number of aromatic nitrogens is 1. The summed E-state index contributed by atoms with van der Waals surface area (Å²) in [5.74, 6) is 0.667. The first-order valence-corrected chi connectivity index (χ1v) is 18.4. The lowest BCUT2D eigenvalue weighted by Gasteiger charge is -2.28. The van der Waals surface area contributed by atoms with Crippen LogP contribution in [0.2, 0.25) is 0 Å². The van der Waals surface area contributed by atoms with Gasteiger partial charge >= 0.3 is 0 Å². The number of thioether (sulfide) groups is 1. The van der Waals surface area contributed by atoms with Gasteiger partial charge in [-0.3, -0.25) is 0 Å². The molecule has 1 aromatic heterocycles. The minimum atomic E-state index is -0.972. The Morgan fingerprint density at radius 3 is 2.85 bits per heavy atom. The maximum atomic E-state index is 12.1. The van der Waals surface area contributed by atoms with Crippen LogP contribution in [0.3, 0.4) is 0 Å². The molecule has 0 saturated heterocycles. The summed E-state index contributed by atoms with van der Waals surface area (Å²) in [6.07, 6.45) is 18.6. The van der Waals surface area contributed by atoms with E-state index in [9.17, 15) is 4.55 Å². The van der Waals surface area contributed by atoms with Crippen molar-refractivity contribution in [3.63, 3.8) is 0 Å². The molecule has 2 aromatic carbocycles. The molecule has 212 valence electrons. The molecule has 0 amide bonds. The van der Waals surface area contributed by atoms with Crippen LogP contribution in [0.1, 0.15) is 49.6 Å². The van der Waals surface area contributed by atoms with Crippen LogP contribution in [0.5, 0.6) is 0 Å². The van der Waals surface area contributed by atoms with E-state index >= 15 is 0 Å². The van der Waals surface area contributed by atoms with E-state index in [0.29, 0.717) is 5.92 Å². The van der Waals surface area contributed by atoms with E-state index in [1.807, 2.05) is 29.2 Å². The summed E-state index contributed by atoms with van der Waals surface area (Å²) in [6, 6.07) is 10.7. The Morgan fingerprint density at radius 2 is 2.02 bits per heavy atom. The average Bonchev–Trinajstić information content (AvgIpc) is 3.51. The van der Waals surface area contributed by atoms with Crippen LogP contribution in [-0.2, 0) is 28.3 Å². The highest BCUT2D eigenvalue weighted by molar-refractivity contribution is 8.03. The number of aryl methyl sites for hydroxylation is 2. The summed E-state index contributed by atoms with van der Waals surface area (Å²) in [6.45, 7) is 4.19. The van der Waals surface area contributed by atoms with Crippen molar-refractivity contribution in [1.29, 1.82) is 0 Å². The molecule has 7 rings (SSSR count). The highest BCUT2D eigenvalue weighted by Crippen LogP contribution is 2.48. The molecule has 3 heterocycles. The predicted octanol–water partition coefficient (Wildman–Crippen LogP) is 8.44. The molecule has 2 unspecified atom stereocenters. The van der Waals surface area contributed by atoms with Gasteiger partial charge < -0.3 is 13.6 Å². The van der Waals surface area contributed by atoms with Crippen molar-refractivity contribution in [3.8, 4) is 0 Å². The average molecular weight is 620 g/mol. The van der Waals surface area contributed by atoms with E-state index in [4.69, 9.17) is 4.18 Å². The van der Waals surface area contributed by atoms with Gasteiger partial charge in [0.05, 0.1) is 17.8 Å². The number of allylic oxidation sites excluding steroid dienone is 6. The Labute approximate surface area is 258 Å². The largest absolute Gasteiger partial charge is 0.612 e. The number of hydrogen-bond donors (Lipinski definition) is 0. The number of nitrogens with zero attached hydrogens (tertiary/aromatic N) is 2. The number of thiazole rings is 1. The van der Waals surface area contributed by atoms with Crippen molar-refractivity contribution in [2.45, 2.75) is 66.7 Å². The molecule has 8 heteroatoms. The maximum absolute atomic E-state index is 12.1. The lowest BCUT2D eigenvalue weighted by Crippen LogP contribution is -2.38. The lowest BCUT2D eigenvalue weighted by atomic mass is 9.77. The Morgan fingerprint density at radius 1 is 1.15 bits per heavy atom. The van der Waals surface area contributed by atoms with E-state index in [-0.39, 0.29) is 0 Å². The van der Waals surface area contributed by atoms with Gasteiger partial charge in [0.1, 0.15) is 11.0 Å².